The Bertz CT molecular complexity index is 585. The smallest absolute Gasteiger partial charge is 0.407 e. The zero-order valence-corrected chi connectivity index (χ0v) is 14.2. The summed E-state index contributed by atoms with van der Waals surface area (Å²) in [6.45, 7) is -0.135. The number of carbonyl (C=O) groups excluding carboxylic acids is 3. The molecule has 4 N–H and O–H groups in total. The summed E-state index contributed by atoms with van der Waals surface area (Å²) >= 11 is 0. The fraction of sp³-hybridized carbons (Fsp3) is 0.500. The van der Waals surface area contributed by atoms with E-state index in [0.717, 1.165) is 37.7 Å². The molecule has 25 heavy (non-hydrogen) atoms. The van der Waals surface area contributed by atoms with Gasteiger partial charge >= 0.3 is 6.09 Å². The van der Waals surface area contributed by atoms with E-state index in [9.17, 15) is 14.4 Å². The molecule has 1 fully saturated rings. The number of amides is 3. The molecule has 1 aromatic rings. The van der Waals surface area contributed by atoms with E-state index in [-0.39, 0.29) is 19.1 Å². The predicted molar refractivity (Wildman–Crippen MR) is 92.3 cm³/mol. The lowest BCUT2D eigenvalue weighted by molar-refractivity contribution is -0.128. The molecule has 0 spiro atoms. The number of hydrogen-bond acceptors (Lipinski definition) is 4. The van der Waals surface area contributed by atoms with E-state index in [0.29, 0.717) is 0 Å². The molecule has 1 aromatic carbocycles. The molecule has 1 saturated carbocycles. The van der Waals surface area contributed by atoms with E-state index in [2.05, 4.69) is 10.6 Å². The second-order valence-corrected chi connectivity index (χ2v) is 6.26. The van der Waals surface area contributed by atoms with Crippen molar-refractivity contribution in [1.82, 2.24) is 10.6 Å². The van der Waals surface area contributed by atoms with Gasteiger partial charge in [0.2, 0.25) is 11.8 Å². The second-order valence-electron chi connectivity index (χ2n) is 6.26. The average Bonchev–Trinajstić information content (AvgIpc) is 2.64. The van der Waals surface area contributed by atoms with Gasteiger partial charge in [0.1, 0.15) is 19.2 Å². The zero-order chi connectivity index (χ0) is 18.1. The van der Waals surface area contributed by atoms with Crippen LogP contribution in [0.2, 0.25) is 0 Å². The molecule has 0 radical (unpaired) electrons. The van der Waals surface area contributed by atoms with Crippen LogP contribution < -0.4 is 16.4 Å². The summed E-state index contributed by atoms with van der Waals surface area (Å²) in [4.78, 5) is 35.3. The Balaban J connectivity index is 1.72. The molecule has 1 aliphatic rings. The van der Waals surface area contributed by atoms with Crippen LogP contribution in [0.15, 0.2) is 30.3 Å². The Morgan fingerprint density at radius 2 is 1.80 bits per heavy atom. The summed E-state index contributed by atoms with van der Waals surface area (Å²) < 4.78 is 5.03. The number of hydrogen-bond donors (Lipinski definition) is 3. The van der Waals surface area contributed by atoms with E-state index in [1.54, 1.807) is 0 Å². The van der Waals surface area contributed by atoms with Crippen LogP contribution in [-0.2, 0) is 20.9 Å². The van der Waals surface area contributed by atoms with Gasteiger partial charge in [0.25, 0.3) is 0 Å². The van der Waals surface area contributed by atoms with Crippen LogP contribution in [-0.4, -0.2) is 30.5 Å². The van der Waals surface area contributed by atoms with Gasteiger partial charge in [-0.3, -0.25) is 9.59 Å². The van der Waals surface area contributed by atoms with Crippen molar-refractivity contribution in [2.75, 3.05) is 6.54 Å². The summed E-state index contributed by atoms with van der Waals surface area (Å²) in [5, 5.41) is 5.01. The lowest BCUT2D eigenvalue weighted by atomic mass is 9.83. The maximum Gasteiger partial charge on any atom is 0.407 e. The number of nitrogens with two attached hydrogens (primary N) is 1. The molecule has 2 rings (SSSR count). The van der Waals surface area contributed by atoms with Crippen LogP contribution in [0.5, 0.6) is 0 Å². The Morgan fingerprint density at radius 1 is 1.12 bits per heavy atom. The van der Waals surface area contributed by atoms with E-state index >= 15 is 0 Å². The van der Waals surface area contributed by atoms with Crippen LogP contribution in [0.25, 0.3) is 0 Å². The number of nitrogens with one attached hydrogen (secondary N) is 2. The maximum atomic E-state index is 12.0. The molecule has 0 saturated heterocycles. The summed E-state index contributed by atoms with van der Waals surface area (Å²) in [6.07, 6.45) is 4.28. The molecule has 0 unspecified atom stereocenters. The first kappa shape index (κ1) is 18.8. The predicted octanol–water partition coefficient (Wildman–Crippen LogP) is 1.46. The molecule has 0 aliphatic heterocycles. The molecule has 1 atom stereocenters. The molecular formula is C18H25N3O4. The summed E-state index contributed by atoms with van der Waals surface area (Å²) in [7, 11) is 0. The highest BCUT2D eigenvalue weighted by molar-refractivity contribution is 5.88. The van der Waals surface area contributed by atoms with Crippen molar-refractivity contribution in [1.29, 1.82) is 0 Å². The van der Waals surface area contributed by atoms with Gasteiger partial charge in [0.15, 0.2) is 0 Å². The van der Waals surface area contributed by atoms with Crippen molar-refractivity contribution in [2.24, 2.45) is 11.7 Å². The minimum atomic E-state index is -0.688. The molecular weight excluding hydrogens is 322 g/mol. The minimum Gasteiger partial charge on any atom is -0.445 e. The first-order valence-electron chi connectivity index (χ1n) is 8.59. The van der Waals surface area contributed by atoms with Crippen molar-refractivity contribution in [3.63, 3.8) is 0 Å². The molecule has 7 nitrogen and oxygen atoms in total. The quantitative estimate of drug-likeness (QED) is 0.693. The minimum absolute atomic E-state index is 0.0697. The van der Waals surface area contributed by atoms with Gasteiger partial charge in [-0.25, -0.2) is 4.79 Å². The van der Waals surface area contributed by atoms with Crippen molar-refractivity contribution >= 4 is 17.9 Å². The third kappa shape index (κ3) is 6.45. The fourth-order valence-electron chi connectivity index (χ4n) is 3.04. The first-order valence-corrected chi connectivity index (χ1v) is 8.59. The number of rotatable bonds is 7. The Hall–Kier alpha value is -2.57. The van der Waals surface area contributed by atoms with Gasteiger partial charge in [-0.2, -0.15) is 0 Å². The monoisotopic (exact) mass is 347 g/mol. The highest BCUT2D eigenvalue weighted by Crippen LogP contribution is 2.26. The van der Waals surface area contributed by atoms with Crippen LogP contribution in [0.4, 0.5) is 4.79 Å². The molecule has 1 aliphatic carbocycles. The zero-order valence-electron chi connectivity index (χ0n) is 14.2. The number of carbonyl (C=O) groups is 3. The third-order valence-corrected chi connectivity index (χ3v) is 4.35. The Morgan fingerprint density at radius 3 is 2.44 bits per heavy atom. The van der Waals surface area contributed by atoms with Crippen molar-refractivity contribution < 1.29 is 19.1 Å². The second kappa shape index (κ2) is 9.66. The van der Waals surface area contributed by atoms with Crippen LogP contribution in [0.1, 0.15) is 37.7 Å². The molecule has 0 aromatic heterocycles. The highest BCUT2D eigenvalue weighted by atomic mass is 16.5. The normalized spacial score (nSPS) is 15.8. The Kier molecular flexibility index (Phi) is 7.25. The topological polar surface area (TPSA) is 111 Å². The number of alkyl carbamates (subject to hydrolysis) is 1. The van der Waals surface area contributed by atoms with Crippen molar-refractivity contribution in [3.05, 3.63) is 35.9 Å². The van der Waals surface area contributed by atoms with Crippen molar-refractivity contribution in [2.45, 2.75) is 44.8 Å². The summed E-state index contributed by atoms with van der Waals surface area (Å²) in [5.74, 6) is -0.918. The van der Waals surface area contributed by atoms with Crippen LogP contribution >= 0.6 is 0 Å². The van der Waals surface area contributed by atoms with Gasteiger partial charge < -0.3 is 21.1 Å². The number of benzene rings is 1. The van der Waals surface area contributed by atoms with E-state index < -0.39 is 23.9 Å². The SMILES string of the molecule is NC(=O)[C@H](NC(=O)CNC(=O)OCc1ccccc1)C1CCCCC1. The standard InChI is InChI=1S/C18H25N3O4/c19-17(23)16(14-9-5-2-6-10-14)21-15(22)11-20-18(24)25-12-13-7-3-1-4-8-13/h1,3-4,7-8,14,16H,2,5-6,9-12H2,(H2,19,23)(H,20,24)(H,21,22)/t16-/m1/s1. The fourth-order valence-corrected chi connectivity index (χ4v) is 3.04. The van der Waals surface area contributed by atoms with Crippen molar-refractivity contribution in [3.8, 4) is 0 Å². The van der Waals surface area contributed by atoms with Crippen LogP contribution in [0.3, 0.4) is 0 Å². The maximum absolute atomic E-state index is 12.0. The molecule has 7 heteroatoms. The lowest BCUT2D eigenvalue weighted by Gasteiger charge is -2.28. The highest BCUT2D eigenvalue weighted by Gasteiger charge is 2.29. The van der Waals surface area contributed by atoms with Crippen LogP contribution in [0, 0.1) is 5.92 Å². The van der Waals surface area contributed by atoms with Gasteiger partial charge in [-0.15, -0.1) is 0 Å². The summed E-state index contributed by atoms with van der Waals surface area (Å²) in [5.41, 5.74) is 6.27. The first-order chi connectivity index (χ1) is 12.1. The molecule has 3 amide bonds. The number of primary amides is 1. The van der Waals surface area contributed by atoms with Gasteiger partial charge in [-0.05, 0) is 24.3 Å². The average molecular weight is 347 g/mol. The van der Waals surface area contributed by atoms with E-state index in [1.165, 1.54) is 0 Å². The lowest BCUT2D eigenvalue weighted by Crippen LogP contribution is -2.52. The molecule has 0 heterocycles. The third-order valence-electron chi connectivity index (χ3n) is 4.35. The van der Waals surface area contributed by atoms with E-state index in [4.69, 9.17) is 10.5 Å². The number of ether oxygens (including phenoxy) is 1. The van der Waals surface area contributed by atoms with Gasteiger partial charge in [-0.1, -0.05) is 49.6 Å². The largest absolute Gasteiger partial charge is 0.445 e. The summed E-state index contributed by atoms with van der Waals surface area (Å²) in [6, 6.07) is 8.55. The molecule has 136 valence electrons. The van der Waals surface area contributed by atoms with E-state index in [1.807, 2.05) is 30.3 Å². The van der Waals surface area contributed by atoms with Gasteiger partial charge in [0, 0.05) is 0 Å². The Labute approximate surface area is 147 Å². The van der Waals surface area contributed by atoms with Gasteiger partial charge in [0.05, 0.1) is 0 Å². The molecule has 0 bridgehead atoms.